The van der Waals surface area contributed by atoms with Crippen LogP contribution >= 0.6 is 0 Å². The molecule has 2 aromatic rings. The van der Waals surface area contributed by atoms with E-state index in [0.29, 0.717) is 12.4 Å². The minimum Gasteiger partial charge on any atom is -0.384 e. The first-order valence-electron chi connectivity index (χ1n) is 6.13. The van der Waals surface area contributed by atoms with Crippen LogP contribution in [0.25, 0.3) is 0 Å². The standard InChI is InChI=1S/C14H17N3O2/c1-10-8-13(15-14(19)11(2)18)17(16-10)9-12-6-4-3-5-7-12/h3-8,11,18H,9H2,1-2H3,(H,15,19). The average Bonchev–Trinajstić information content (AvgIpc) is 2.70. The zero-order valence-electron chi connectivity index (χ0n) is 11.0. The fourth-order valence-corrected chi connectivity index (χ4v) is 1.75. The molecule has 100 valence electrons. The largest absolute Gasteiger partial charge is 0.384 e. The summed E-state index contributed by atoms with van der Waals surface area (Å²) in [5, 5.41) is 16.2. The number of rotatable bonds is 4. The summed E-state index contributed by atoms with van der Waals surface area (Å²) in [6.07, 6.45) is -1.04. The SMILES string of the molecule is Cc1cc(NC(=O)C(C)O)n(Cc2ccccc2)n1. The highest BCUT2D eigenvalue weighted by atomic mass is 16.3. The Morgan fingerprint density at radius 3 is 2.74 bits per heavy atom. The van der Waals surface area contributed by atoms with E-state index in [4.69, 9.17) is 0 Å². The number of nitrogens with zero attached hydrogens (tertiary/aromatic N) is 2. The van der Waals surface area contributed by atoms with E-state index in [9.17, 15) is 9.90 Å². The lowest BCUT2D eigenvalue weighted by atomic mass is 10.2. The number of hydrogen-bond donors (Lipinski definition) is 2. The van der Waals surface area contributed by atoms with Gasteiger partial charge in [-0.25, -0.2) is 4.68 Å². The zero-order valence-corrected chi connectivity index (χ0v) is 11.0. The number of nitrogens with one attached hydrogen (secondary N) is 1. The van der Waals surface area contributed by atoms with E-state index in [1.165, 1.54) is 6.92 Å². The van der Waals surface area contributed by atoms with Gasteiger partial charge in [-0.2, -0.15) is 5.10 Å². The van der Waals surface area contributed by atoms with Crippen molar-refractivity contribution in [3.8, 4) is 0 Å². The van der Waals surface area contributed by atoms with E-state index >= 15 is 0 Å². The van der Waals surface area contributed by atoms with Gasteiger partial charge in [-0.1, -0.05) is 30.3 Å². The minimum atomic E-state index is -1.04. The highest BCUT2D eigenvalue weighted by molar-refractivity contribution is 5.92. The molecule has 0 saturated heterocycles. The second kappa shape index (κ2) is 5.67. The molecular formula is C14H17N3O2. The molecule has 19 heavy (non-hydrogen) atoms. The van der Waals surface area contributed by atoms with Crippen LogP contribution in [0.15, 0.2) is 36.4 Å². The van der Waals surface area contributed by atoms with Crippen molar-refractivity contribution in [1.29, 1.82) is 0 Å². The summed E-state index contributed by atoms with van der Waals surface area (Å²) >= 11 is 0. The predicted molar refractivity (Wildman–Crippen MR) is 72.8 cm³/mol. The normalized spacial score (nSPS) is 12.2. The maximum atomic E-state index is 11.5. The maximum absolute atomic E-state index is 11.5. The lowest BCUT2D eigenvalue weighted by Crippen LogP contribution is -2.26. The van der Waals surface area contributed by atoms with Crippen molar-refractivity contribution in [2.24, 2.45) is 0 Å². The summed E-state index contributed by atoms with van der Waals surface area (Å²) in [5.41, 5.74) is 1.91. The van der Waals surface area contributed by atoms with Gasteiger partial charge in [0, 0.05) is 6.07 Å². The van der Waals surface area contributed by atoms with E-state index in [0.717, 1.165) is 11.3 Å². The predicted octanol–water partition coefficient (Wildman–Crippen LogP) is 1.56. The number of anilines is 1. The Hall–Kier alpha value is -2.14. The molecule has 0 fully saturated rings. The summed E-state index contributed by atoms with van der Waals surface area (Å²) in [6.45, 7) is 3.86. The van der Waals surface area contributed by atoms with Gasteiger partial charge in [-0.3, -0.25) is 4.79 Å². The fraction of sp³-hybridized carbons (Fsp3) is 0.286. The van der Waals surface area contributed by atoms with Crippen molar-refractivity contribution < 1.29 is 9.90 Å². The molecule has 1 aromatic carbocycles. The molecular weight excluding hydrogens is 242 g/mol. The average molecular weight is 259 g/mol. The van der Waals surface area contributed by atoms with Gasteiger partial charge in [-0.15, -0.1) is 0 Å². The number of aryl methyl sites for hydroxylation is 1. The second-order valence-electron chi connectivity index (χ2n) is 4.48. The molecule has 0 aliphatic heterocycles. The summed E-state index contributed by atoms with van der Waals surface area (Å²) in [4.78, 5) is 11.5. The Bertz CT molecular complexity index is 561. The maximum Gasteiger partial charge on any atom is 0.254 e. The van der Waals surface area contributed by atoms with Gasteiger partial charge < -0.3 is 10.4 Å². The van der Waals surface area contributed by atoms with Crippen LogP contribution in [0, 0.1) is 6.92 Å². The Morgan fingerprint density at radius 1 is 1.42 bits per heavy atom. The highest BCUT2D eigenvalue weighted by Gasteiger charge is 2.13. The third-order valence-corrected chi connectivity index (χ3v) is 2.71. The summed E-state index contributed by atoms with van der Waals surface area (Å²) in [5.74, 6) is 0.154. The quantitative estimate of drug-likeness (QED) is 0.875. The van der Waals surface area contributed by atoms with Crippen LogP contribution < -0.4 is 5.32 Å². The molecule has 5 nitrogen and oxygen atoms in total. The number of aliphatic hydroxyl groups is 1. The van der Waals surface area contributed by atoms with Gasteiger partial charge in [0.25, 0.3) is 5.91 Å². The topological polar surface area (TPSA) is 67.2 Å². The molecule has 1 amide bonds. The summed E-state index contributed by atoms with van der Waals surface area (Å²) in [6, 6.07) is 11.6. The molecule has 1 aromatic heterocycles. The van der Waals surface area contributed by atoms with Crippen molar-refractivity contribution in [3.63, 3.8) is 0 Å². The zero-order chi connectivity index (χ0) is 13.8. The molecule has 0 saturated carbocycles. The van der Waals surface area contributed by atoms with Crippen molar-refractivity contribution >= 4 is 11.7 Å². The monoisotopic (exact) mass is 259 g/mol. The third kappa shape index (κ3) is 3.42. The van der Waals surface area contributed by atoms with Gasteiger partial charge in [0.2, 0.25) is 0 Å². The number of aromatic nitrogens is 2. The first-order valence-corrected chi connectivity index (χ1v) is 6.13. The van der Waals surface area contributed by atoms with Gasteiger partial charge in [0.1, 0.15) is 11.9 Å². The van der Waals surface area contributed by atoms with Crippen LogP contribution in [-0.2, 0) is 11.3 Å². The lowest BCUT2D eigenvalue weighted by Gasteiger charge is -2.10. The molecule has 1 atom stereocenters. The van der Waals surface area contributed by atoms with Crippen molar-refractivity contribution in [2.45, 2.75) is 26.5 Å². The highest BCUT2D eigenvalue weighted by Crippen LogP contribution is 2.13. The molecule has 0 spiro atoms. The molecule has 1 heterocycles. The number of amides is 1. The Kier molecular flexibility index (Phi) is 3.97. The first-order chi connectivity index (χ1) is 9.06. The molecule has 0 aliphatic carbocycles. The lowest BCUT2D eigenvalue weighted by molar-refractivity contribution is -0.123. The molecule has 0 aliphatic rings. The molecule has 2 rings (SSSR count). The van der Waals surface area contributed by atoms with Crippen molar-refractivity contribution in [1.82, 2.24) is 9.78 Å². The molecule has 0 radical (unpaired) electrons. The Morgan fingerprint density at radius 2 is 2.11 bits per heavy atom. The van der Waals surface area contributed by atoms with E-state index in [-0.39, 0.29) is 0 Å². The second-order valence-corrected chi connectivity index (χ2v) is 4.48. The number of hydrogen-bond acceptors (Lipinski definition) is 3. The van der Waals surface area contributed by atoms with E-state index in [1.807, 2.05) is 37.3 Å². The van der Waals surface area contributed by atoms with Crippen molar-refractivity contribution in [2.75, 3.05) is 5.32 Å². The number of benzene rings is 1. The van der Waals surface area contributed by atoms with Gasteiger partial charge in [0.05, 0.1) is 12.2 Å². The van der Waals surface area contributed by atoms with Crippen LogP contribution in [0.1, 0.15) is 18.2 Å². The molecule has 5 heteroatoms. The molecule has 0 bridgehead atoms. The van der Waals surface area contributed by atoms with Gasteiger partial charge in [0.15, 0.2) is 0 Å². The summed E-state index contributed by atoms with van der Waals surface area (Å²) < 4.78 is 1.71. The van der Waals surface area contributed by atoms with Gasteiger partial charge in [-0.05, 0) is 19.4 Å². The van der Waals surface area contributed by atoms with Crippen LogP contribution in [0.5, 0.6) is 0 Å². The number of aliphatic hydroxyl groups excluding tert-OH is 1. The number of carbonyl (C=O) groups is 1. The number of carbonyl (C=O) groups excluding carboxylic acids is 1. The van der Waals surface area contributed by atoms with Crippen LogP contribution in [0.4, 0.5) is 5.82 Å². The van der Waals surface area contributed by atoms with Crippen LogP contribution in [0.2, 0.25) is 0 Å². The summed E-state index contributed by atoms with van der Waals surface area (Å²) in [7, 11) is 0. The third-order valence-electron chi connectivity index (χ3n) is 2.71. The van der Waals surface area contributed by atoms with E-state index in [2.05, 4.69) is 10.4 Å². The van der Waals surface area contributed by atoms with Gasteiger partial charge >= 0.3 is 0 Å². The minimum absolute atomic E-state index is 0.436. The van der Waals surface area contributed by atoms with E-state index in [1.54, 1.807) is 10.7 Å². The molecule has 1 unspecified atom stereocenters. The van der Waals surface area contributed by atoms with Crippen LogP contribution in [-0.4, -0.2) is 26.9 Å². The van der Waals surface area contributed by atoms with Crippen molar-refractivity contribution in [3.05, 3.63) is 47.7 Å². The van der Waals surface area contributed by atoms with E-state index < -0.39 is 12.0 Å². The Labute approximate surface area is 111 Å². The first kappa shape index (κ1) is 13.3. The fourth-order valence-electron chi connectivity index (χ4n) is 1.75. The van der Waals surface area contributed by atoms with Crippen LogP contribution in [0.3, 0.4) is 0 Å². The smallest absolute Gasteiger partial charge is 0.254 e. The Balaban J connectivity index is 2.19. The molecule has 2 N–H and O–H groups in total.